The second-order valence-electron chi connectivity index (χ2n) is 21.9. The number of fused-ring (bicyclic) bond motifs is 9. The molecule has 0 radical (unpaired) electrons. The molecule has 16 aromatic rings. The molecular weight excluding hydrogens is 1010 g/mol. The van der Waals surface area contributed by atoms with Gasteiger partial charge in [0.1, 0.15) is 0 Å². The molecule has 0 saturated heterocycles. The van der Waals surface area contributed by atoms with Gasteiger partial charge in [0.15, 0.2) is 5.82 Å². The van der Waals surface area contributed by atoms with Crippen LogP contribution in [0.25, 0.3) is 150 Å². The van der Waals surface area contributed by atoms with Crippen LogP contribution in [-0.2, 0) is 0 Å². The number of hydrogen-bond donors (Lipinski definition) is 0. The summed E-state index contributed by atoms with van der Waals surface area (Å²) in [5, 5.41) is 7.30. The van der Waals surface area contributed by atoms with E-state index in [1.807, 2.05) is 0 Å². The summed E-state index contributed by atoms with van der Waals surface area (Å²) < 4.78 is 7.30. The molecule has 4 heterocycles. The van der Waals surface area contributed by atoms with Gasteiger partial charge < -0.3 is 13.7 Å². The van der Waals surface area contributed by atoms with E-state index in [0.29, 0.717) is 5.82 Å². The van der Waals surface area contributed by atoms with Crippen LogP contribution < -0.4 is 0 Å². The molecule has 0 aliphatic rings. The van der Waals surface area contributed by atoms with E-state index in [1.165, 1.54) is 76.6 Å². The third kappa shape index (κ3) is 8.08. The van der Waals surface area contributed by atoms with Gasteiger partial charge in [-0.15, -0.1) is 0 Å². The average Bonchev–Trinajstić information content (AvgIpc) is 3.29. The summed E-state index contributed by atoms with van der Waals surface area (Å²) in [7, 11) is 0. The highest BCUT2D eigenvalue weighted by Gasteiger charge is 2.25. The molecule has 0 N–H and O–H groups in total. The molecule has 0 atom stereocenters. The van der Waals surface area contributed by atoms with Crippen molar-refractivity contribution in [1.29, 1.82) is 0 Å². The molecule has 16 rings (SSSR count). The Morgan fingerprint density at radius 2 is 0.602 bits per heavy atom. The van der Waals surface area contributed by atoms with E-state index < -0.39 is 0 Å². The summed E-state index contributed by atoms with van der Waals surface area (Å²) in [6, 6.07) is 104. The molecular formula is C78H53N5. The average molecular weight is 1060 g/mol. The smallest absolute Gasteiger partial charge is 0.160 e. The maximum atomic E-state index is 5.50. The number of hydrogen-bond acceptors (Lipinski definition) is 2. The predicted octanol–water partition coefficient (Wildman–Crippen LogP) is 20.4. The van der Waals surface area contributed by atoms with E-state index in [1.54, 1.807) is 0 Å². The number of nitrogens with zero attached hydrogens (tertiary/aromatic N) is 5. The standard InChI is InChI=1S/C78H53N5/c1-50-43-51(2)45-57(44-50)56-37-42-76-68(46-56)65-27-13-18-32-75(65)83(76)77-66(52-33-38-59(39-34-52)81-71-28-14-9-23-61(71)62-24-10-15-29-72(62)81)47-58(78-79-69(54-19-5-3-6-20-54)49-70(80-78)55-21-7-4-8-22-55)48-67(77)53-35-40-60(41-36-53)82-73-30-16-11-25-63(73)64-26-12-17-31-74(64)82/h3-49H,1-2H3. The molecule has 5 nitrogen and oxygen atoms in total. The highest BCUT2D eigenvalue weighted by molar-refractivity contribution is 6.13. The molecule has 0 aliphatic heterocycles. The number of aryl methyl sites for hydroxylation is 2. The van der Waals surface area contributed by atoms with Crippen molar-refractivity contribution >= 4 is 65.4 Å². The van der Waals surface area contributed by atoms with Crippen LogP contribution in [0.4, 0.5) is 0 Å². The van der Waals surface area contributed by atoms with E-state index in [4.69, 9.17) is 9.97 Å². The van der Waals surface area contributed by atoms with Crippen LogP contribution >= 0.6 is 0 Å². The van der Waals surface area contributed by atoms with Crippen molar-refractivity contribution in [1.82, 2.24) is 23.7 Å². The lowest BCUT2D eigenvalue weighted by Crippen LogP contribution is -2.03. The van der Waals surface area contributed by atoms with E-state index in [0.717, 1.165) is 78.4 Å². The van der Waals surface area contributed by atoms with E-state index >= 15 is 0 Å². The third-order valence-corrected chi connectivity index (χ3v) is 16.7. The summed E-state index contributed by atoms with van der Waals surface area (Å²) in [5.41, 5.74) is 24.0. The first-order valence-electron chi connectivity index (χ1n) is 28.5. The normalized spacial score (nSPS) is 11.7. The van der Waals surface area contributed by atoms with Crippen LogP contribution in [-0.4, -0.2) is 23.7 Å². The largest absolute Gasteiger partial charge is 0.309 e. The molecule has 0 aliphatic carbocycles. The molecule has 12 aromatic carbocycles. The van der Waals surface area contributed by atoms with Gasteiger partial charge in [-0.05, 0) is 121 Å². The minimum Gasteiger partial charge on any atom is -0.309 e. The molecule has 0 bridgehead atoms. The Kier molecular flexibility index (Phi) is 11.3. The lowest BCUT2D eigenvalue weighted by atomic mass is 9.92. The fourth-order valence-corrected chi connectivity index (χ4v) is 13.1. The third-order valence-electron chi connectivity index (χ3n) is 16.7. The first kappa shape index (κ1) is 48.1. The minimum absolute atomic E-state index is 0.642. The minimum atomic E-state index is 0.642. The molecule has 0 saturated carbocycles. The number of para-hydroxylation sites is 5. The Morgan fingerprint density at radius 1 is 0.241 bits per heavy atom. The van der Waals surface area contributed by atoms with Gasteiger partial charge in [-0.2, -0.15) is 0 Å². The van der Waals surface area contributed by atoms with Crippen LogP contribution in [0.3, 0.4) is 0 Å². The quantitative estimate of drug-likeness (QED) is 0.145. The van der Waals surface area contributed by atoms with E-state index in [-0.39, 0.29) is 0 Å². The van der Waals surface area contributed by atoms with Gasteiger partial charge in [0, 0.05) is 71.5 Å². The monoisotopic (exact) mass is 1060 g/mol. The Hall–Kier alpha value is -10.9. The van der Waals surface area contributed by atoms with Crippen LogP contribution in [0.2, 0.25) is 0 Å². The zero-order valence-corrected chi connectivity index (χ0v) is 45.9. The van der Waals surface area contributed by atoms with Crippen LogP contribution in [0.1, 0.15) is 11.1 Å². The van der Waals surface area contributed by atoms with Crippen molar-refractivity contribution < 1.29 is 0 Å². The summed E-state index contributed by atoms with van der Waals surface area (Å²) in [6.45, 7) is 4.37. The van der Waals surface area contributed by atoms with Crippen molar-refractivity contribution in [2.45, 2.75) is 13.8 Å². The molecule has 4 aromatic heterocycles. The fourth-order valence-electron chi connectivity index (χ4n) is 13.1. The molecule has 83 heavy (non-hydrogen) atoms. The predicted molar refractivity (Wildman–Crippen MR) is 347 cm³/mol. The molecule has 0 fully saturated rings. The zero-order chi connectivity index (χ0) is 55.1. The van der Waals surface area contributed by atoms with Crippen LogP contribution in [0.15, 0.2) is 285 Å². The second kappa shape index (κ2) is 19.4. The first-order chi connectivity index (χ1) is 41.0. The van der Waals surface area contributed by atoms with E-state index in [9.17, 15) is 0 Å². The number of aromatic nitrogens is 5. The van der Waals surface area contributed by atoms with Gasteiger partial charge in [0.2, 0.25) is 0 Å². The van der Waals surface area contributed by atoms with Crippen LogP contribution in [0, 0.1) is 13.8 Å². The maximum absolute atomic E-state index is 5.50. The van der Waals surface area contributed by atoms with Gasteiger partial charge in [-0.3, -0.25) is 0 Å². The molecule has 0 amide bonds. The number of benzene rings is 12. The van der Waals surface area contributed by atoms with Crippen molar-refractivity contribution in [3.63, 3.8) is 0 Å². The van der Waals surface area contributed by atoms with Crippen molar-refractivity contribution in [2.24, 2.45) is 0 Å². The van der Waals surface area contributed by atoms with Crippen molar-refractivity contribution in [2.75, 3.05) is 0 Å². The van der Waals surface area contributed by atoms with Gasteiger partial charge >= 0.3 is 0 Å². The van der Waals surface area contributed by atoms with Crippen molar-refractivity contribution in [3.05, 3.63) is 296 Å². The Morgan fingerprint density at radius 3 is 1.04 bits per heavy atom. The topological polar surface area (TPSA) is 40.6 Å². The zero-order valence-electron chi connectivity index (χ0n) is 45.9. The summed E-state index contributed by atoms with van der Waals surface area (Å²) in [6.07, 6.45) is 0. The maximum Gasteiger partial charge on any atom is 0.160 e. The molecule has 5 heteroatoms. The molecule has 0 unspecified atom stereocenters. The Bertz CT molecular complexity index is 4840. The van der Waals surface area contributed by atoms with E-state index in [2.05, 4.69) is 313 Å². The summed E-state index contributed by atoms with van der Waals surface area (Å²) in [4.78, 5) is 11.0. The summed E-state index contributed by atoms with van der Waals surface area (Å²) >= 11 is 0. The molecule has 390 valence electrons. The van der Waals surface area contributed by atoms with Gasteiger partial charge in [0.05, 0.1) is 50.2 Å². The second-order valence-corrected chi connectivity index (χ2v) is 21.9. The fraction of sp³-hybridized carbons (Fsp3) is 0.0256. The van der Waals surface area contributed by atoms with Gasteiger partial charge in [-0.1, -0.05) is 211 Å². The van der Waals surface area contributed by atoms with Gasteiger partial charge in [-0.25, -0.2) is 9.97 Å². The lowest BCUT2D eigenvalue weighted by molar-refractivity contribution is 1.16. The van der Waals surface area contributed by atoms with Crippen LogP contribution in [0.5, 0.6) is 0 Å². The van der Waals surface area contributed by atoms with Gasteiger partial charge in [0.25, 0.3) is 0 Å². The lowest BCUT2D eigenvalue weighted by Gasteiger charge is -2.22. The Balaban J connectivity index is 0.994. The summed E-state index contributed by atoms with van der Waals surface area (Å²) in [5.74, 6) is 0.642. The SMILES string of the molecule is Cc1cc(C)cc(-c2ccc3c(c2)c2ccccc2n3-c2c(-c3ccc(-n4c5ccccc5c5ccccc54)cc3)cc(-c3nc(-c4ccccc4)cc(-c4ccccc4)n3)cc2-c2ccc(-n3c4ccccc4c4ccccc43)cc2)c1. The first-order valence-corrected chi connectivity index (χ1v) is 28.5. The highest BCUT2D eigenvalue weighted by atomic mass is 15.0. The van der Waals surface area contributed by atoms with Crippen molar-refractivity contribution in [3.8, 4) is 84.3 Å². The Labute approximate surface area is 480 Å². The molecule has 0 spiro atoms. The highest BCUT2D eigenvalue weighted by Crippen LogP contribution is 2.46. The number of rotatable bonds is 9.